The molecule has 0 radical (unpaired) electrons. The Bertz CT molecular complexity index is 487. The zero-order valence-corrected chi connectivity index (χ0v) is 9.47. The number of hydrogen-bond acceptors (Lipinski definition) is 2. The van der Waals surface area contributed by atoms with E-state index in [2.05, 4.69) is 35.5 Å². The van der Waals surface area contributed by atoms with Gasteiger partial charge in [-0.25, -0.2) is 0 Å². The number of ether oxygens (including phenoxy) is 2. The van der Waals surface area contributed by atoms with Gasteiger partial charge in [-0.05, 0) is 30.6 Å². The van der Waals surface area contributed by atoms with Gasteiger partial charge in [-0.3, -0.25) is 0 Å². The van der Waals surface area contributed by atoms with E-state index in [9.17, 15) is 0 Å². The molecule has 0 aromatic rings. The summed E-state index contributed by atoms with van der Waals surface area (Å²) in [5, 5.41) is -0.0465. The highest BCUT2D eigenvalue weighted by Gasteiger charge is 2.51. The summed E-state index contributed by atoms with van der Waals surface area (Å²) in [4.78, 5) is 0. The van der Waals surface area contributed by atoms with Crippen LogP contribution in [0.25, 0.3) is 0 Å². The maximum Gasteiger partial charge on any atom is 0.143 e. The zero-order chi connectivity index (χ0) is 11.4. The number of allylic oxidation sites excluding steroid dienone is 1. The summed E-state index contributed by atoms with van der Waals surface area (Å²) in [6.07, 6.45) is 1.77. The molecule has 2 nitrogen and oxygen atoms in total. The molecule has 80 valence electrons. The van der Waals surface area contributed by atoms with Crippen LogP contribution in [0.2, 0.25) is 0 Å². The SMILES string of the molecule is CC#CC#CC#CC=C1OCC(Cl)C2OC12. The van der Waals surface area contributed by atoms with E-state index in [0.717, 1.165) is 5.76 Å². The van der Waals surface area contributed by atoms with Gasteiger partial charge in [0.05, 0.1) is 5.38 Å². The molecular weight excluding hydrogens is 224 g/mol. The van der Waals surface area contributed by atoms with Crippen LogP contribution in [0.15, 0.2) is 11.8 Å². The smallest absolute Gasteiger partial charge is 0.143 e. The predicted octanol–water partition coefficient (Wildman–Crippen LogP) is 1.31. The Morgan fingerprint density at radius 1 is 1.31 bits per heavy atom. The van der Waals surface area contributed by atoms with Crippen molar-refractivity contribution in [2.75, 3.05) is 6.61 Å². The number of epoxide rings is 1. The summed E-state index contributed by atoms with van der Waals surface area (Å²) in [6, 6.07) is 0. The lowest BCUT2D eigenvalue weighted by atomic mass is 10.1. The minimum Gasteiger partial charge on any atom is -0.493 e. The third kappa shape index (κ3) is 2.53. The Labute approximate surface area is 99.9 Å². The van der Waals surface area contributed by atoms with E-state index in [1.807, 2.05) is 0 Å². The van der Waals surface area contributed by atoms with Crippen LogP contribution < -0.4 is 0 Å². The molecular formula is C13H9ClO2. The first-order chi connectivity index (χ1) is 7.83. The number of hydrogen-bond donors (Lipinski definition) is 0. The lowest BCUT2D eigenvalue weighted by molar-refractivity contribution is 0.185. The fourth-order valence-corrected chi connectivity index (χ4v) is 1.63. The molecule has 0 saturated carbocycles. The van der Waals surface area contributed by atoms with Crippen molar-refractivity contribution in [1.29, 1.82) is 0 Å². The third-order valence-electron chi connectivity index (χ3n) is 2.17. The summed E-state index contributed by atoms with van der Waals surface area (Å²) >= 11 is 5.94. The van der Waals surface area contributed by atoms with E-state index in [-0.39, 0.29) is 17.6 Å². The number of alkyl halides is 1. The number of halogens is 1. The highest BCUT2D eigenvalue weighted by atomic mass is 35.5. The molecule has 0 bridgehead atoms. The summed E-state index contributed by atoms with van der Waals surface area (Å²) in [6.45, 7) is 2.20. The molecule has 2 heterocycles. The van der Waals surface area contributed by atoms with Crippen molar-refractivity contribution in [3.05, 3.63) is 11.8 Å². The van der Waals surface area contributed by atoms with E-state index < -0.39 is 0 Å². The van der Waals surface area contributed by atoms with E-state index >= 15 is 0 Å². The predicted molar refractivity (Wildman–Crippen MR) is 61.3 cm³/mol. The molecule has 0 aliphatic carbocycles. The van der Waals surface area contributed by atoms with Gasteiger partial charge >= 0.3 is 0 Å². The first-order valence-electron chi connectivity index (χ1n) is 4.87. The molecule has 0 N–H and O–H groups in total. The quantitative estimate of drug-likeness (QED) is 0.357. The monoisotopic (exact) mass is 232 g/mol. The molecule has 16 heavy (non-hydrogen) atoms. The Balaban J connectivity index is 1.94. The second kappa shape index (κ2) is 5.00. The number of rotatable bonds is 0. The van der Waals surface area contributed by atoms with Gasteiger partial charge < -0.3 is 9.47 Å². The van der Waals surface area contributed by atoms with Gasteiger partial charge in [0, 0.05) is 6.08 Å². The van der Waals surface area contributed by atoms with Crippen molar-refractivity contribution in [2.45, 2.75) is 24.5 Å². The second-order valence-corrected chi connectivity index (χ2v) is 3.85. The topological polar surface area (TPSA) is 21.8 Å². The molecule has 2 saturated heterocycles. The Kier molecular flexibility index (Phi) is 3.43. The number of fused-ring (bicyclic) bond motifs is 1. The van der Waals surface area contributed by atoms with E-state index in [1.54, 1.807) is 13.0 Å². The zero-order valence-electron chi connectivity index (χ0n) is 8.71. The first kappa shape index (κ1) is 11.0. The van der Waals surface area contributed by atoms with E-state index in [4.69, 9.17) is 21.1 Å². The summed E-state index contributed by atoms with van der Waals surface area (Å²) < 4.78 is 10.7. The Morgan fingerprint density at radius 2 is 2.12 bits per heavy atom. The molecule has 3 unspecified atom stereocenters. The fraction of sp³-hybridized carbons (Fsp3) is 0.385. The molecule has 3 heteroatoms. The van der Waals surface area contributed by atoms with Crippen LogP contribution in [0, 0.1) is 35.5 Å². The van der Waals surface area contributed by atoms with Crippen molar-refractivity contribution in [3.63, 3.8) is 0 Å². The standard InChI is InChI=1S/C13H9ClO2/c1-2-3-4-5-6-7-8-11-13-12(16-13)10(14)9-15-11/h8,10,12-13H,9H2,1H3. The summed E-state index contributed by atoms with van der Waals surface area (Å²) in [7, 11) is 0. The largest absolute Gasteiger partial charge is 0.493 e. The molecule has 3 atom stereocenters. The van der Waals surface area contributed by atoms with Gasteiger partial charge in [0.15, 0.2) is 0 Å². The minimum atomic E-state index is -0.0465. The van der Waals surface area contributed by atoms with Crippen molar-refractivity contribution < 1.29 is 9.47 Å². The molecule has 2 aliphatic heterocycles. The molecule has 2 fully saturated rings. The van der Waals surface area contributed by atoms with Crippen molar-refractivity contribution in [2.24, 2.45) is 0 Å². The highest BCUT2D eigenvalue weighted by Crippen LogP contribution is 2.38. The lowest BCUT2D eigenvalue weighted by Gasteiger charge is -2.15. The second-order valence-electron chi connectivity index (χ2n) is 3.29. The maximum absolute atomic E-state index is 5.94. The molecule has 0 aromatic heterocycles. The molecule has 2 rings (SSSR count). The van der Waals surface area contributed by atoms with Crippen molar-refractivity contribution in [3.8, 4) is 35.5 Å². The van der Waals surface area contributed by atoms with Crippen LogP contribution in [-0.4, -0.2) is 24.2 Å². The summed E-state index contributed by atoms with van der Waals surface area (Å²) in [5.74, 6) is 16.7. The molecule has 0 spiro atoms. The lowest BCUT2D eigenvalue weighted by Crippen LogP contribution is -2.24. The molecule has 0 aromatic carbocycles. The summed E-state index contributed by atoms with van der Waals surface area (Å²) in [5.41, 5.74) is 0. The van der Waals surface area contributed by atoms with Gasteiger partial charge in [0.1, 0.15) is 24.6 Å². The van der Waals surface area contributed by atoms with Crippen LogP contribution in [0.3, 0.4) is 0 Å². The van der Waals surface area contributed by atoms with Crippen molar-refractivity contribution >= 4 is 11.6 Å². The van der Waals surface area contributed by atoms with Crippen LogP contribution in [0.1, 0.15) is 6.92 Å². The minimum absolute atomic E-state index is 0.00561. The Hall–Kier alpha value is -1.53. The van der Waals surface area contributed by atoms with Gasteiger partial charge in [-0.2, -0.15) is 0 Å². The highest BCUT2D eigenvalue weighted by molar-refractivity contribution is 6.21. The maximum atomic E-state index is 5.94. The molecule has 2 aliphatic rings. The van der Waals surface area contributed by atoms with Crippen LogP contribution in [0.4, 0.5) is 0 Å². The van der Waals surface area contributed by atoms with Crippen LogP contribution in [0.5, 0.6) is 0 Å². The van der Waals surface area contributed by atoms with Gasteiger partial charge in [0.25, 0.3) is 0 Å². The van der Waals surface area contributed by atoms with Gasteiger partial charge in [-0.15, -0.1) is 11.6 Å². The Morgan fingerprint density at radius 3 is 2.94 bits per heavy atom. The van der Waals surface area contributed by atoms with Crippen LogP contribution >= 0.6 is 11.6 Å². The first-order valence-corrected chi connectivity index (χ1v) is 5.31. The molecule has 0 amide bonds. The average Bonchev–Trinajstić information content (AvgIpc) is 3.07. The normalized spacial score (nSPS) is 31.6. The average molecular weight is 233 g/mol. The van der Waals surface area contributed by atoms with Crippen LogP contribution in [-0.2, 0) is 9.47 Å². The van der Waals surface area contributed by atoms with Crippen molar-refractivity contribution in [1.82, 2.24) is 0 Å². The fourth-order valence-electron chi connectivity index (χ4n) is 1.37. The van der Waals surface area contributed by atoms with Gasteiger partial charge in [-0.1, -0.05) is 11.8 Å². The van der Waals surface area contributed by atoms with Gasteiger partial charge in [0.2, 0.25) is 0 Å². The third-order valence-corrected chi connectivity index (χ3v) is 2.55. The van der Waals surface area contributed by atoms with E-state index in [1.165, 1.54) is 0 Å². The van der Waals surface area contributed by atoms with E-state index in [0.29, 0.717) is 6.61 Å².